The number of nitrogen functional groups attached to an aromatic ring is 1. The van der Waals surface area contributed by atoms with E-state index in [4.69, 9.17) is 5.73 Å². The third kappa shape index (κ3) is 3.44. The van der Waals surface area contributed by atoms with Gasteiger partial charge in [0.15, 0.2) is 0 Å². The molecule has 1 fully saturated rings. The lowest BCUT2D eigenvalue weighted by molar-refractivity contribution is -0.383. The van der Waals surface area contributed by atoms with E-state index in [-0.39, 0.29) is 17.5 Å². The average Bonchev–Trinajstić information content (AvgIpc) is 2.42. The Balaban J connectivity index is 2.43. The van der Waals surface area contributed by atoms with Crippen molar-refractivity contribution in [3.8, 4) is 0 Å². The lowest BCUT2D eigenvalue weighted by Crippen LogP contribution is -2.39. The van der Waals surface area contributed by atoms with Crippen LogP contribution in [0.4, 0.5) is 23.3 Å². The van der Waals surface area contributed by atoms with Crippen molar-refractivity contribution in [3.05, 3.63) is 22.8 Å². The molecule has 0 radical (unpaired) electrons. The average molecular weight is 306 g/mol. The summed E-state index contributed by atoms with van der Waals surface area (Å²) in [5.74, 6) is 1.35. The highest BCUT2D eigenvalue weighted by molar-refractivity contribution is 5.71. The van der Waals surface area contributed by atoms with Gasteiger partial charge >= 0.3 is 5.69 Å². The molecule has 2 atom stereocenters. The zero-order valence-electron chi connectivity index (χ0n) is 13.0. The van der Waals surface area contributed by atoms with Gasteiger partial charge in [-0.2, -0.15) is 9.97 Å². The van der Waals surface area contributed by atoms with E-state index in [0.29, 0.717) is 24.2 Å². The summed E-state index contributed by atoms with van der Waals surface area (Å²) in [6, 6.07) is 0. The number of hydrogen-bond donors (Lipinski definition) is 2. The topological polar surface area (TPSA) is 110 Å². The van der Waals surface area contributed by atoms with Gasteiger partial charge in [-0.3, -0.25) is 10.1 Å². The highest BCUT2D eigenvalue weighted by Gasteiger charge is 2.31. The quantitative estimate of drug-likeness (QED) is 0.486. The molecule has 2 unspecified atom stereocenters. The molecule has 1 aromatic heterocycles. The molecule has 0 aliphatic carbocycles. The molecular weight excluding hydrogens is 284 g/mol. The molecule has 120 valence electrons. The molecule has 0 aromatic carbocycles. The van der Waals surface area contributed by atoms with E-state index in [2.05, 4.69) is 35.7 Å². The Bertz CT molecular complexity index is 567. The molecule has 1 aliphatic rings. The number of nitrogens with one attached hydrogen (secondary N) is 1. The van der Waals surface area contributed by atoms with E-state index >= 15 is 0 Å². The summed E-state index contributed by atoms with van der Waals surface area (Å²) < 4.78 is 0. The number of hydrogen-bond acceptors (Lipinski definition) is 7. The molecule has 0 bridgehead atoms. The van der Waals surface area contributed by atoms with Gasteiger partial charge in [0.05, 0.1) is 4.92 Å². The molecule has 3 N–H and O–H groups in total. The molecule has 8 nitrogen and oxygen atoms in total. The molecule has 8 heteroatoms. The van der Waals surface area contributed by atoms with E-state index in [1.807, 2.05) is 4.90 Å². The molecule has 22 heavy (non-hydrogen) atoms. The van der Waals surface area contributed by atoms with Crippen molar-refractivity contribution in [2.24, 2.45) is 11.8 Å². The first-order valence-corrected chi connectivity index (χ1v) is 7.34. The van der Waals surface area contributed by atoms with Crippen LogP contribution in [-0.4, -0.2) is 34.5 Å². The van der Waals surface area contributed by atoms with Gasteiger partial charge in [-0.1, -0.05) is 19.9 Å². The minimum Gasteiger partial charge on any atom is -0.378 e. The maximum atomic E-state index is 11.4. The Morgan fingerprint density at radius 3 is 2.64 bits per heavy atom. The number of nitro groups is 1. The molecule has 1 aliphatic heterocycles. The van der Waals surface area contributed by atoms with Crippen molar-refractivity contribution in [1.29, 1.82) is 0 Å². The second-order valence-electron chi connectivity index (χ2n) is 5.88. The van der Waals surface area contributed by atoms with Crippen molar-refractivity contribution in [2.75, 3.05) is 35.6 Å². The van der Waals surface area contributed by atoms with E-state index in [0.717, 1.165) is 19.5 Å². The van der Waals surface area contributed by atoms with Gasteiger partial charge in [-0.25, -0.2) is 0 Å². The Labute approximate surface area is 129 Å². The number of nitrogens with zero attached hydrogens (tertiary/aromatic N) is 4. The van der Waals surface area contributed by atoms with Crippen molar-refractivity contribution in [3.63, 3.8) is 0 Å². The molecule has 2 heterocycles. The SMILES string of the molecule is C=CCNc1nc(N)c([N+](=O)[O-])c(N2CC(C)CC(C)C2)n1. The van der Waals surface area contributed by atoms with Crippen LogP contribution >= 0.6 is 0 Å². The molecule has 0 spiro atoms. The fourth-order valence-electron chi connectivity index (χ4n) is 2.93. The van der Waals surface area contributed by atoms with Gasteiger partial charge in [0.25, 0.3) is 0 Å². The van der Waals surface area contributed by atoms with Crippen molar-refractivity contribution in [1.82, 2.24) is 9.97 Å². The van der Waals surface area contributed by atoms with E-state index in [1.54, 1.807) is 6.08 Å². The second-order valence-corrected chi connectivity index (χ2v) is 5.88. The number of anilines is 3. The Morgan fingerprint density at radius 1 is 1.45 bits per heavy atom. The van der Waals surface area contributed by atoms with Crippen LogP contribution in [0.15, 0.2) is 12.7 Å². The normalized spacial score (nSPS) is 21.5. The van der Waals surface area contributed by atoms with E-state index < -0.39 is 4.92 Å². The van der Waals surface area contributed by atoms with Gasteiger partial charge in [0.2, 0.25) is 17.6 Å². The number of nitrogens with two attached hydrogens (primary N) is 1. The summed E-state index contributed by atoms with van der Waals surface area (Å²) in [6.45, 7) is 9.79. The van der Waals surface area contributed by atoms with Crippen LogP contribution < -0.4 is 16.0 Å². The minimum absolute atomic E-state index is 0.118. The van der Waals surface area contributed by atoms with E-state index in [9.17, 15) is 10.1 Å². The van der Waals surface area contributed by atoms with Crippen LogP contribution in [-0.2, 0) is 0 Å². The van der Waals surface area contributed by atoms with Gasteiger partial charge in [-0.15, -0.1) is 6.58 Å². The van der Waals surface area contributed by atoms with Crippen LogP contribution in [0.2, 0.25) is 0 Å². The summed E-state index contributed by atoms with van der Waals surface area (Å²) in [5.41, 5.74) is 5.57. The third-order valence-electron chi connectivity index (χ3n) is 3.65. The lowest BCUT2D eigenvalue weighted by atomic mass is 9.92. The number of piperidine rings is 1. The maximum Gasteiger partial charge on any atom is 0.353 e. The molecular formula is C14H22N6O2. The largest absolute Gasteiger partial charge is 0.378 e. The summed E-state index contributed by atoms with van der Waals surface area (Å²) >= 11 is 0. The van der Waals surface area contributed by atoms with Gasteiger partial charge < -0.3 is 16.0 Å². The Kier molecular flexibility index (Phi) is 4.79. The van der Waals surface area contributed by atoms with Crippen LogP contribution in [0.1, 0.15) is 20.3 Å². The van der Waals surface area contributed by atoms with Crippen molar-refractivity contribution >= 4 is 23.3 Å². The first kappa shape index (κ1) is 16.0. The Morgan fingerprint density at radius 2 is 2.09 bits per heavy atom. The molecule has 0 amide bonds. The van der Waals surface area contributed by atoms with Gasteiger partial charge in [0.1, 0.15) is 0 Å². The highest BCUT2D eigenvalue weighted by atomic mass is 16.6. The smallest absolute Gasteiger partial charge is 0.353 e. The lowest BCUT2D eigenvalue weighted by Gasteiger charge is -2.35. The maximum absolute atomic E-state index is 11.4. The predicted molar refractivity (Wildman–Crippen MR) is 86.9 cm³/mol. The summed E-state index contributed by atoms with van der Waals surface area (Å²) in [7, 11) is 0. The first-order chi connectivity index (χ1) is 10.4. The van der Waals surface area contributed by atoms with Crippen LogP contribution in [0.5, 0.6) is 0 Å². The van der Waals surface area contributed by atoms with Crippen LogP contribution in [0, 0.1) is 22.0 Å². The minimum atomic E-state index is -0.508. The molecule has 1 aromatic rings. The molecule has 2 rings (SSSR count). The van der Waals surface area contributed by atoms with Gasteiger partial charge in [0, 0.05) is 19.6 Å². The summed E-state index contributed by atoms with van der Waals surface area (Å²) in [6.07, 6.45) is 2.76. The first-order valence-electron chi connectivity index (χ1n) is 7.34. The molecule has 0 saturated carbocycles. The van der Waals surface area contributed by atoms with Crippen molar-refractivity contribution < 1.29 is 4.92 Å². The monoisotopic (exact) mass is 306 g/mol. The molecule has 1 saturated heterocycles. The highest BCUT2D eigenvalue weighted by Crippen LogP contribution is 2.35. The predicted octanol–water partition coefficient (Wildman–Crippen LogP) is 2.05. The van der Waals surface area contributed by atoms with Crippen LogP contribution in [0.3, 0.4) is 0 Å². The third-order valence-corrected chi connectivity index (χ3v) is 3.65. The van der Waals surface area contributed by atoms with E-state index in [1.165, 1.54) is 0 Å². The van der Waals surface area contributed by atoms with Gasteiger partial charge in [-0.05, 0) is 18.3 Å². The number of aromatic nitrogens is 2. The zero-order valence-corrected chi connectivity index (χ0v) is 13.0. The van der Waals surface area contributed by atoms with Crippen LogP contribution in [0.25, 0.3) is 0 Å². The fourth-order valence-corrected chi connectivity index (χ4v) is 2.93. The fraction of sp³-hybridized carbons (Fsp3) is 0.571. The standard InChI is InChI=1S/C14H22N6O2/c1-4-5-16-14-17-12(15)11(20(21)22)13(18-14)19-7-9(2)6-10(3)8-19/h4,9-10H,1,5-8H2,2-3H3,(H3,15,16,17,18). The Hall–Kier alpha value is -2.38. The number of rotatable bonds is 5. The zero-order chi connectivity index (χ0) is 16.3. The van der Waals surface area contributed by atoms with Crippen molar-refractivity contribution in [2.45, 2.75) is 20.3 Å². The summed E-state index contributed by atoms with van der Waals surface area (Å²) in [5, 5.41) is 14.3. The summed E-state index contributed by atoms with van der Waals surface area (Å²) in [4.78, 5) is 21.1. The second kappa shape index (κ2) is 6.59.